The lowest BCUT2D eigenvalue weighted by molar-refractivity contribution is 0.146. The molecule has 0 radical (unpaired) electrons. The van der Waals surface area contributed by atoms with Crippen LogP contribution in [0.2, 0.25) is 19.6 Å². The Kier molecular flexibility index (Phi) is 6.71. The van der Waals surface area contributed by atoms with E-state index in [2.05, 4.69) is 19.6 Å². The summed E-state index contributed by atoms with van der Waals surface area (Å²) in [4.78, 5) is 0. The van der Waals surface area contributed by atoms with Crippen molar-refractivity contribution >= 4 is 8.07 Å². The second-order valence-corrected chi connectivity index (χ2v) is 9.72. The molecule has 0 heterocycles. The molecule has 2 nitrogen and oxygen atoms in total. The van der Waals surface area contributed by atoms with Gasteiger partial charge < -0.3 is 9.47 Å². The fraction of sp³-hybridized carbons (Fsp3) is 1.00. The second-order valence-electron chi connectivity index (χ2n) is 4.31. The first-order valence-electron chi connectivity index (χ1n) is 4.63. The monoisotopic (exact) mass is 190 g/mol. The van der Waals surface area contributed by atoms with Crippen LogP contribution in [0.25, 0.3) is 0 Å². The summed E-state index contributed by atoms with van der Waals surface area (Å²) >= 11 is 0. The Morgan fingerprint density at radius 3 is 2.08 bits per heavy atom. The molecule has 0 bridgehead atoms. The number of methoxy groups -OCH3 is 1. The van der Waals surface area contributed by atoms with E-state index in [1.54, 1.807) is 7.11 Å². The van der Waals surface area contributed by atoms with Gasteiger partial charge in [-0.05, 0) is 12.8 Å². The van der Waals surface area contributed by atoms with E-state index in [9.17, 15) is 0 Å². The average Bonchev–Trinajstić information content (AvgIpc) is 1.94. The predicted octanol–water partition coefficient (Wildman–Crippen LogP) is 2.31. The average molecular weight is 190 g/mol. The first kappa shape index (κ1) is 12.1. The Balaban J connectivity index is 3.01. The number of ether oxygens (including phenoxy) is 2. The molecular formula is C9H22O2Si. The molecule has 0 aliphatic carbocycles. The van der Waals surface area contributed by atoms with E-state index in [-0.39, 0.29) is 0 Å². The molecule has 0 atom stereocenters. The fourth-order valence-electron chi connectivity index (χ4n) is 0.829. The van der Waals surface area contributed by atoms with Crippen molar-refractivity contribution in [3.05, 3.63) is 0 Å². The SMILES string of the molecule is COCCCCOC[Si](C)(C)C. The van der Waals surface area contributed by atoms with Gasteiger partial charge in [-0.2, -0.15) is 0 Å². The minimum absolute atomic E-state index is 0.857. The van der Waals surface area contributed by atoms with Crippen molar-refractivity contribution < 1.29 is 9.47 Å². The van der Waals surface area contributed by atoms with Crippen LogP contribution >= 0.6 is 0 Å². The van der Waals surface area contributed by atoms with Crippen LogP contribution in [0.4, 0.5) is 0 Å². The topological polar surface area (TPSA) is 18.5 Å². The van der Waals surface area contributed by atoms with Gasteiger partial charge in [0, 0.05) is 26.6 Å². The Bertz CT molecular complexity index is 99.2. The van der Waals surface area contributed by atoms with Crippen molar-refractivity contribution in [2.75, 3.05) is 26.6 Å². The van der Waals surface area contributed by atoms with Gasteiger partial charge in [0.15, 0.2) is 0 Å². The maximum absolute atomic E-state index is 5.55. The van der Waals surface area contributed by atoms with Crippen molar-refractivity contribution in [1.82, 2.24) is 0 Å². The molecule has 0 saturated heterocycles. The molecule has 0 aromatic rings. The lowest BCUT2D eigenvalue weighted by Crippen LogP contribution is -2.28. The number of unbranched alkanes of at least 4 members (excludes halogenated alkanes) is 1. The summed E-state index contributed by atoms with van der Waals surface area (Å²) in [5.74, 6) is 0. The number of rotatable bonds is 7. The van der Waals surface area contributed by atoms with Crippen LogP contribution in [0.5, 0.6) is 0 Å². The molecule has 3 heteroatoms. The van der Waals surface area contributed by atoms with E-state index >= 15 is 0 Å². The summed E-state index contributed by atoms with van der Waals surface area (Å²) in [6.45, 7) is 8.72. The second kappa shape index (κ2) is 6.63. The van der Waals surface area contributed by atoms with Crippen molar-refractivity contribution in [1.29, 1.82) is 0 Å². The summed E-state index contributed by atoms with van der Waals surface area (Å²) in [6.07, 6.45) is 3.22. The molecule has 0 amide bonds. The summed E-state index contributed by atoms with van der Waals surface area (Å²) in [5.41, 5.74) is 0. The predicted molar refractivity (Wildman–Crippen MR) is 55.3 cm³/mol. The van der Waals surface area contributed by atoms with Gasteiger partial charge in [-0.25, -0.2) is 0 Å². The maximum Gasteiger partial charge on any atom is 0.0746 e. The zero-order valence-electron chi connectivity index (χ0n) is 8.85. The molecule has 12 heavy (non-hydrogen) atoms. The highest BCUT2D eigenvalue weighted by Crippen LogP contribution is 2.01. The van der Waals surface area contributed by atoms with Gasteiger partial charge in [-0.1, -0.05) is 19.6 Å². The number of hydrogen-bond acceptors (Lipinski definition) is 2. The lowest BCUT2D eigenvalue weighted by atomic mass is 10.3. The van der Waals surface area contributed by atoms with E-state index in [0.29, 0.717) is 0 Å². The lowest BCUT2D eigenvalue weighted by Gasteiger charge is -2.15. The standard InChI is InChI=1S/C9H22O2Si/c1-10-7-5-6-8-11-9-12(2,3)4/h5-9H2,1-4H3. The van der Waals surface area contributed by atoms with Crippen LogP contribution in [0, 0.1) is 0 Å². The smallest absolute Gasteiger partial charge is 0.0746 e. The third-order valence-electron chi connectivity index (χ3n) is 1.42. The van der Waals surface area contributed by atoms with E-state index in [1.165, 1.54) is 0 Å². The molecule has 0 fully saturated rings. The highest BCUT2D eigenvalue weighted by atomic mass is 28.3. The molecule has 0 aliphatic rings. The van der Waals surface area contributed by atoms with Gasteiger partial charge in [0.2, 0.25) is 0 Å². The summed E-state index contributed by atoms with van der Waals surface area (Å²) in [5, 5.41) is 0. The van der Waals surface area contributed by atoms with Crippen LogP contribution in [0.1, 0.15) is 12.8 Å². The van der Waals surface area contributed by atoms with Crippen LogP contribution in [0.15, 0.2) is 0 Å². The third-order valence-corrected chi connectivity index (χ3v) is 2.49. The highest BCUT2D eigenvalue weighted by Gasteiger charge is 2.12. The van der Waals surface area contributed by atoms with Crippen LogP contribution < -0.4 is 0 Å². The molecule has 0 aromatic carbocycles. The minimum atomic E-state index is -0.979. The largest absolute Gasteiger partial charge is 0.385 e. The molecule has 0 N–H and O–H groups in total. The van der Waals surface area contributed by atoms with Crippen molar-refractivity contribution in [3.63, 3.8) is 0 Å². The molecule has 0 spiro atoms. The quantitative estimate of drug-likeness (QED) is 0.453. The minimum Gasteiger partial charge on any atom is -0.385 e. The Morgan fingerprint density at radius 1 is 1.00 bits per heavy atom. The highest BCUT2D eigenvalue weighted by molar-refractivity contribution is 6.76. The molecule has 0 rings (SSSR count). The molecule has 0 unspecified atom stereocenters. The first-order valence-corrected chi connectivity index (χ1v) is 8.33. The molecule has 0 aromatic heterocycles. The van der Waals surface area contributed by atoms with E-state index in [0.717, 1.165) is 32.3 Å². The zero-order valence-corrected chi connectivity index (χ0v) is 9.85. The molecule has 0 saturated carbocycles. The van der Waals surface area contributed by atoms with Gasteiger partial charge in [-0.3, -0.25) is 0 Å². The fourth-order valence-corrected chi connectivity index (χ4v) is 1.59. The molecule has 0 aliphatic heterocycles. The summed E-state index contributed by atoms with van der Waals surface area (Å²) in [7, 11) is 0.760. The van der Waals surface area contributed by atoms with Gasteiger partial charge in [-0.15, -0.1) is 0 Å². The summed E-state index contributed by atoms with van der Waals surface area (Å²) in [6, 6.07) is 0. The van der Waals surface area contributed by atoms with Crippen LogP contribution in [-0.2, 0) is 9.47 Å². The van der Waals surface area contributed by atoms with E-state index in [4.69, 9.17) is 9.47 Å². The van der Waals surface area contributed by atoms with Gasteiger partial charge in [0.25, 0.3) is 0 Å². The third kappa shape index (κ3) is 10.1. The van der Waals surface area contributed by atoms with Crippen molar-refractivity contribution in [2.45, 2.75) is 32.5 Å². The Hall–Kier alpha value is 0.137. The number of hydrogen-bond donors (Lipinski definition) is 0. The maximum atomic E-state index is 5.55. The van der Waals surface area contributed by atoms with Gasteiger partial charge in [0.05, 0.1) is 8.07 Å². The Labute approximate surface area is 77.3 Å². The molecule has 74 valence electrons. The Morgan fingerprint density at radius 2 is 1.58 bits per heavy atom. The van der Waals surface area contributed by atoms with E-state index in [1.807, 2.05) is 0 Å². The van der Waals surface area contributed by atoms with Crippen LogP contribution in [-0.4, -0.2) is 34.6 Å². The van der Waals surface area contributed by atoms with Crippen molar-refractivity contribution in [3.8, 4) is 0 Å². The zero-order chi connectivity index (χ0) is 9.45. The van der Waals surface area contributed by atoms with Gasteiger partial charge >= 0.3 is 0 Å². The van der Waals surface area contributed by atoms with Crippen molar-refractivity contribution in [2.24, 2.45) is 0 Å². The summed E-state index contributed by atoms with van der Waals surface area (Å²) < 4.78 is 10.5. The molecular weight excluding hydrogens is 168 g/mol. The van der Waals surface area contributed by atoms with E-state index < -0.39 is 8.07 Å². The first-order chi connectivity index (χ1) is 5.56. The van der Waals surface area contributed by atoms with Gasteiger partial charge in [0.1, 0.15) is 0 Å². The van der Waals surface area contributed by atoms with Crippen LogP contribution in [0.3, 0.4) is 0 Å². The normalized spacial score (nSPS) is 12.0.